The van der Waals surface area contributed by atoms with Crippen LogP contribution in [0.1, 0.15) is 18.9 Å². The number of rotatable bonds is 5. The molecule has 1 aromatic rings. The third-order valence-electron chi connectivity index (χ3n) is 3.35. The Balaban J connectivity index is 1.93. The Morgan fingerprint density at radius 3 is 3.00 bits per heavy atom. The van der Waals surface area contributed by atoms with Crippen LogP contribution in [0.15, 0.2) is 24.3 Å². The number of nitrogens with zero attached hydrogens (tertiary/aromatic N) is 1. The van der Waals surface area contributed by atoms with Crippen LogP contribution in [0.3, 0.4) is 0 Å². The molecule has 3 nitrogen and oxygen atoms in total. The van der Waals surface area contributed by atoms with E-state index < -0.39 is 0 Å². The molecule has 1 saturated heterocycles. The predicted octanol–water partition coefficient (Wildman–Crippen LogP) is 1.88. The maximum absolute atomic E-state index is 5.39. The summed E-state index contributed by atoms with van der Waals surface area (Å²) >= 11 is 0. The van der Waals surface area contributed by atoms with Gasteiger partial charge in [-0.05, 0) is 19.0 Å². The van der Waals surface area contributed by atoms with Crippen molar-refractivity contribution in [3.8, 4) is 5.75 Å². The zero-order chi connectivity index (χ0) is 12.1. The van der Waals surface area contributed by atoms with E-state index in [9.17, 15) is 0 Å². The summed E-state index contributed by atoms with van der Waals surface area (Å²) in [4.78, 5) is 2.49. The molecule has 1 aliphatic heterocycles. The van der Waals surface area contributed by atoms with E-state index in [2.05, 4.69) is 29.3 Å². The summed E-state index contributed by atoms with van der Waals surface area (Å²) < 4.78 is 5.39. The number of hydrogen-bond donors (Lipinski definition) is 1. The number of hydrogen-bond acceptors (Lipinski definition) is 3. The molecule has 3 heteroatoms. The number of nitrogens with one attached hydrogen (secondary N) is 1. The van der Waals surface area contributed by atoms with Crippen molar-refractivity contribution in [3.63, 3.8) is 0 Å². The summed E-state index contributed by atoms with van der Waals surface area (Å²) in [5.41, 5.74) is 1.28. The average Bonchev–Trinajstić information content (AvgIpc) is 2.78. The molecule has 0 saturated carbocycles. The minimum Gasteiger partial charge on any atom is -0.496 e. The molecule has 1 heterocycles. The maximum Gasteiger partial charge on any atom is 0.123 e. The van der Waals surface area contributed by atoms with Crippen molar-refractivity contribution >= 4 is 0 Å². The lowest BCUT2D eigenvalue weighted by Crippen LogP contribution is -2.32. The van der Waals surface area contributed by atoms with Crippen molar-refractivity contribution in [3.05, 3.63) is 29.8 Å². The van der Waals surface area contributed by atoms with Gasteiger partial charge in [0.15, 0.2) is 0 Å². The first-order valence-electron chi connectivity index (χ1n) is 6.41. The first-order valence-corrected chi connectivity index (χ1v) is 6.41. The number of ether oxygens (including phenoxy) is 1. The number of likely N-dealkylation sites (tertiary alicyclic amines) is 1. The van der Waals surface area contributed by atoms with E-state index in [-0.39, 0.29) is 0 Å². The Bertz CT molecular complexity index is 354. The lowest BCUT2D eigenvalue weighted by atomic mass is 10.2. The van der Waals surface area contributed by atoms with Crippen molar-refractivity contribution in [1.29, 1.82) is 0 Å². The topological polar surface area (TPSA) is 24.5 Å². The molecule has 2 rings (SSSR count). The van der Waals surface area contributed by atoms with Crippen LogP contribution in [0.5, 0.6) is 5.75 Å². The van der Waals surface area contributed by atoms with Gasteiger partial charge in [0.05, 0.1) is 7.11 Å². The molecule has 0 radical (unpaired) electrons. The maximum atomic E-state index is 5.39. The minimum absolute atomic E-state index is 0.662. The van der Waals surface area contributed by atoms with Gasteiger partial charge in [-0.3, -0.25) is 4.90 Å². The molecule has 0 aromatic heterocycles. The molecule has 0 aliphatic carbocycles. The van der Waals surface area contributed by atoms with Gasteiger partial charge in [0, 0.05) is 31.2 Å². The summed E-state index contributed by atoms with van der Waals surface area (Å²) in [5, 5.41) is 3.52. The molecule has 1 fully saturated rings. The zero-order valence-electron chi connectivity index (χ0n) is 10.8. The van der Waals surface area contributed by atoms with Crippen molar-refractivity contribution in [2.24, 2.45) is 0 Å². The third-order valence-corrected chi connectivity index (χ3v) is 3.35. The molecule has 1 N–H and O–H groups in total. The summed E-state index contributed by atoms with van der Waals surface area (Å²) in [7, 11) is 1.74. The van der Waals surface area contributed by atoms with Gasteiger partial charge in [-0.2, -0.15) is 0 Å². The standard InChI is InChI=1S/C14H22N2O/c1-3-15-13-8-9-16(11-13)10-12-6-4-5-7-14(12)17-2/h4-7,13,15H,3,8-11H2,1-2H3. The van der Waals surface area contributed by atoms with Gasteiger partial charge in [0.2, 0.25) is 0 Å². The number of benzene rings is 1. The molecule has 0 spiro atoms. The van der Waals surface area contributed by atoms with Crippen LogP contribution >= 0.6 is 0 Å². The Hall–Kier alpha value is -1.06. The molecule has 0 amide bonds. The Morgan fingerprint density at radius 2 is 2.24 bits per heavy atom. The van der Waals surface area contributed by atoms with E-state index in [1.165, 1.54) is 18.5 Å². The van der Waals surface area contributed by atoms with Gasteiger partial charge in [0.25, 0.3) is 0 Å². The Kier molecular flexibility index (Phi) is 4.40. The molecule has 1 aliphatic rings. The van der Waals surface area contributed by atoms with E-state index in [1.807, 2.05) is 12.1 Å². The second kappa shape index (κ2) is 6.03. The highest BCUT2D eigenvalue weighted by molar-refractivity contribution is 5.33. The number of likely N-dealkylation sites (N-methyl/N-ethyl adjacent to an activating group) is 1. The third kappa shape index (κ3) is 3.20. The number of methoxy groups -OCH3 is 1. The first kappa shape index (κ1) is 12.4. The van der Waals surface area contributed by atoms with E-state index in [4.69, 9.17) is 4.74 Å². The zero-order valence-corrected chi connectivity index (χ0v) is 10.8. The van der Waals surface area contributed by atoms with Crippen LogP contribution in [0.4, 0.5) is 0 Å². The highest BCUT2D eigenvalue weighted by atomic mass is 16.5. The van der Waals surface area contributed by atoms with E-state index in [0.717, 1.165) is 25.4 Å². The lowest BCUT2D eigenvalue weighted by Gasteiger charge is -2.18. The SMILES string of the molecule is CCNC1CCN(Cc2ccccc2OC)C1. The van der Waals surface area contributed by atoms with Gasteiger partial charge in [-0.25, -0.2) is 0 Å². The second-order valence-corrected chi connectivity index (χ2v) is 4.59. The fourth-order valence-electron chi connectivity index (χ4n) is 2.51. The molecule has 1 unspecified atom stereocenters. The molecule has 1 atom stereocenters. The molecule has 94 valence electrons. The van der Waals surface area contributed by atoms with E-state index >= 15 is 0 Å². The van der Waals surface area contributed by atoms with Crippen LogP contribution in [-0.4, -0.2) is 37.7 Å². The van der Waals surface area contributed by atoms with Gasteiger partial charge in [0.1, 0.15) is 5.75 Å². The van der Waals surface area contributed by atoms with E-state index in [0.29, 0.717) is 6.04 Å². The normalized spacial score (nSPS) is 20.7. The van der Waals surface area contributed by atoms with Gasteiger partial charge >= 0.3 is 0 Å². The first-order chi connectivity index (χ1) is 8.33. The largest absolute Gasteiger partial charge is 0.496 e. The molecule has 0 bridgehead atoms. The van der Waals surface area contributed by atoms with Gasteiger partial charge in [-0.1, -0.05) is 25.1 Å². The summed E-state index contributed by atoms with van der Waals surface area (Å²) in [6, 6.07) is 8.95. The van der Waals surface area contributed by atoms with Crippen LogP contribution in [0, 0.1) is 0 Å². The predicted molar refractivity (Wildman–Crippen MR) is 70.4 cm³/mol. The van der Waals surface area contributed by atoms with Crippen LogP contribution in [0.2, 0.25) is 0 Å². The summed E-state index contributed by atoms with van der Waals surface area (Å²) in [5.74, 6) is 0.999. The molecular formula is C14H22N2O. The summed E-state index contributed by atoms with van der Waals surface area (Å²) in [6.07, 6.45) is 1.25. The van der Waals surface area contributed by atoms with Crippen molar-refractivity contribution in [2.75, 3.05) is 26.7 Å². The van der Waals surface area contributed by atoms with Gasteiger partial charge < -0.3 is 10.1 Å². The van der Waals surface area contributed by atoms with Crippen molar-refractivity contribution in [2.45, 2.75) is 25.9 Å². The summed E-state index contributed by atoms with van der Waals surface area (Å²) in [6.45, 7) is 6.55. The van der Waals surface area contributed by atoms with Gasteiger partial charge in [-0.15, -0.1) is 0 Å². The molecule has 17 heavy (non-hydrogen) atoms. The highest BCUT2D eigenvalue weighted by Crippen LogP contribution is 2.21. The monoisotopic (exact) mass is 234 g/mol. The van der Waals surface area contributed by atoms with Crippen molar-refractivity contribution < 1.29 is 4.74 Å². The average molecular weight is 234 g/mol. The van der Waals surface area contributed by atoms with Crippen LogP contribution in [-0.2, 0) is 6.54 Å². The number of para-hydroxylation sites is 1. The lowest BCUT2D eigenvalue weighted by molar-refractivity contribution is 0.312. The fraction of sp³-hybridized carbons (Fsp3) is 0.571. The van der Waals surface area contributed by atoms with Crippen LogP contribution < -0.4 is 10.1 Å². The molecule has 1 aromatic carbocycles. The van der Waals surface area contributed by atoms with Crippen molar-refractivity contribution in [1.82, 2.24) is 10.2 Å². The molecular weight excluding hydrogens is 212 g/mol. The van der Waals surface area contributed by atoms with Crippen LogP contribution in [0.25, 0.3) is 0 Å². The quantitative estimate of drug-likeness (QED) is 0.842. The van der Waals surface area contributed by atoms with E-state index in [1.54, 1.807) is 7.11 Å². The highest BCUT2D eigenvalue weighted by Gasteiger charge is 2.21. The smallest absolute Gasteiger partial charge is 0.123 e. The Morgan fingerprint density at radius 1 is 1.41 bits per heavy atom. The minimum atomic E-state index is 0.662. The second-order valence-electron chi connectivity index (χ2n) is 4.59. The fourth-order valence-corrected chi connectivity index (χ4v) is 2.51. The Labute approximate surface area is 104 Å².